The van der Waals surface area contributed by atoms with Crippen molar-refractivity contribution in [3.8, 4) is 0 Å². The highest BCUT2D eigenvalue weighted by atomic mass is 32.2. The Kier molecular flexibility index (Phi) is 24.9. The van der Waals surface area contributed by atoms with Gasteiger partial charge in [0, 0.05) is 30.3 Å². The third-order valence-corrected chi connectivity index (χ3v) is 23.2. The summed E-state index contributed by atoms with van der Waals surface area (Å²) in [4.78, 5) is 6.49. The molecule has 352 valence electrons. The van der Waals surface area contributed by atoms with Gasteiger partial charge in [-0.25, -0.2) is 0 Å². The molecule has 0 radical (unpaired) electrons. The zero-order chi connectivity index (χ0) is 43.9. The number of hydrogen-bond acceptors (Lipinski definition) is 7. The molecule has 7 heteroatoms. The van der Waals surface area contributed by atoms with E-state index >= 15 is 0 Å². The van der Waals surface area contributed by atoms with Crippen LogP contribution in [0.1, 0.15) is 254 Å². The summed E-state index contributed by atoms with van der Waals surface area (Å²) in [5, 5.41) is 5.02. The van der Waals surface area contributed by atoms with E-state index in [0.29, 0.717) is 0 Å². The molecule has 0 nitrogen and oxygen atoms in total. The number of aryl methyl sites for hydroxylation is 4. The number of hydrogen-bond donors (Lipinski definition) is 0. The average Bonchev–Trinajstić information content (AvgIpc) is 4.14. The van der Waals surface area contributed by atoms with E-state index in [1.165, 1.54) is 241 Å². The van der Waals surface area contributed by atoms with Crippen LogP contribution < -0.4 is 0 Å². The van der Waals surface area contributed by atoms with Crippen molar-refractivity contribution in [1.82, 2.24) is 0 Å². The maximum atomic E-state index is 2.51. The van der Waals surface area contributed by atoms with Gasteiger partial charge in [0.2, 0.25) is 0 Å². The third kappa shape index (κ3) is 15.8. The molecule has 63 heavy (non-hydrogen) atoms. The lowest BCUT2D eigenvalue weighted by atomic mass is 10.0. The Morgan fingerprint density at radius 3 is 0.889 bits per heavy atom. The van der Waals surface area contributed by atoms with Gasteiger partial charge in [-0.3, -0.25) is 0 Å². The summed E-state index contributed by atoms with van der Waals surface area (Å²) in [5.41, 5.74) is 3.49. The highest BCUT2D eigenvalue weighted by molar-refractivity contribution is 8.00. The first kappa shape index (κ1) is 52.0. The van der Waals surface area contributed by atoms with Gasteiger partial charge in [-0.15, -0.1) is 68.0 Å². The fraction of sp³-hybridized carbons (Fsp3) is 0.714. The van der Waals surface area contributed by atoms with Crippen LogP contribution in [-0.4, -0.2) is 0 Å². The van der Waals surface area contributed by atoms with E-state index in [4.69, 9.17) is 0 Å². The summed E-state index contributed by atoms with van der Waals surface area (Å²) in [6, 6.07) is 0. The van der Waals surface area contributed by atoms with Crippen molar-refractivity contribution in [2.24, 2.45) is 0 Å². The van der Waals surface area contributed by atoms with Crippen LogP contribution in [0.5, 0.6) is 0 Å². The molecule has 0 saturated heterocycles. The zero-order valence-corrected chi connectivity index (χ0v) is 46.2. The van der Waals surface area contributed by atoms with Crippen LogP contribution in [0, 0.1) is 0 Å². The van der Waals surface area contributed by atoms with Gasteiger partial charge in [0.1, 0.15) is 0 Å². The average molecular weight is 984 g/mol. The molecule has 0 bridgehead atoms. The maximum absolute atomic E-state index is 2.51. The quantitative estimate of drug-likeness (QED) is 0.0348. The van der Waals surface area contributed by atoms with Crippen LogP contribution in [0.3, 0.4) is 0 Å². The van der Waals surface area contributed by atoms with E-state index in [9.17, 15) is 0 Å². The molecular formula is C56H86S7. The topological polar surface area (TPSA) is 0 Å². The molecule has 0 spiro atoms. The number of thiophene rings is 6. The second-order valence-corrected chi connectivity index (χ2v) is 26.1. The number of fused-ring (bicyclic) bond motifs is 6. The van der Waals surface area contributed by atoms with Crippen LogP contribution in [0.2, 0.25) is 0 Å². The summed E-state index contributed by atoms with van der Waals surface area (Å²) in [5.74, 6) is 0. The van der Waals surface area contributed by atoms with Crippen LogP contribution in [0.15, 0.2) is 20.6 Å². The molecular weight excluding hydrogens is 897 g/mol. The fourth-order valence-corrected chi connectivity index (χ4v) is 20.0. The smallest absolute Gasteiger partial charge is 0.0641 e. The molecule has 0 unspecified atom stereocenters. The van der Waals surface area contributed by atoms with Crippen LogP contribution in [-0.2, 0) is 25.7 Å². The Labute approximate surface area is 414 Å². The largest absolute Gasteiger partial charge is 0.140 e. The number of unbranched alkanes of at least 4 members (excludes halogenated alkanes) is 28. The highest BCUT2D eigenvalue weighted by Crippen LogP contribution is 2.54. The Balaban J connectivity index is 1.15. The molecule has 0 saturated carbocycles. The van der Waals surface area contributed by atoms with Gasteiger partial charge in [-0.1, -0.05) is 219 Å². The molecule has 0 fully saturated rings. The van der Waals surface area contributed by atoms with Crippen molar-refractivity contribution in [2.45, 2.75) is 269 Å². The first-order chi connectivity index (χ1) is 31.2. The highest BCUT2D eigenvalue weighted by Gasteiger charge is 2.23. The first-order valence-corrected chi connectivity index (χ1v) is 32.6. The van der Waals surface area contributed by atoms with E-state index < -0.39 is 0 Å². The maximum Gasteiger partial charge on any atom is 0.0641 e. The van der Waals surface area contributed by atoms with Crippen LogP contribution in [0.4, 0.5) is 0 Å². The molecule has 0 N–H and O–H groups in total. The monoisotopic (exact) mass is 982 g/mol. The molecule has 0 aliphatic heterocycles. The summed E-state index contributed by atoms with van der Waals surface area (Å²) in [7, 11) is 0. The van der Waals surface area contributed by atoms with Gasteiger partial charge in [0.05, 0.1) is 37.6 Å². The van der Waals surface area contributed by atoms with Gasteiger partial charge < -0.3 is 0 Å². The molecule has 0 aromatic carbocycles. The minimum absolute atomic E-state index is 1.29. The lowest BCUT2D eigenvalue weighted by Gasteiger charge is -2.06. The number of rotatable bonds is 38. The predicted molar refractivity (Wildman–Crippen MR) is 300 cm³/mol. The molecule has 6 aromatic heterocycles. The van der Waals surface area contributed by atoms with Crippen molar-refractivity contribution >= 4 is 117 Å². The first-order valence-electron chi connectivity index (χ1n) is 26.7. The Bertz CT molecular complexity index is 1960. The minimum atomic E-state index is 1.29. The molecule has 6 rings (SSSR count). The summed E-state index contributed by atoms with van der Waals surface area (Å²) in [6.07, 6.45) is 50.1. The Morgan fingerprint density at radius 1 is 0.286 bits per heavy atom. The minimum Gasteiger partial charge on any atom is -0.140 e. The SMILES string of the molecule is CCCCCCCCCCc1sc2c(sc3c(Sc4csc5c4sc4c(CCCCCCCCCC)c(CCCCCCCCCC)sc45)csc32)c1CCCCCCCCCC. The molecule has 0 aliphatic carbocycles. The van der Waals surface area contributed by atoms with Gasteiger partial charge in [0.15, 0.2) is 0 Å². The van der Waals surface area contributed by atoms with Crippen molar-refractivity contribution < 1.29 is 0 Å². The molecule has 0 amide bonds. The molecule has 6 aromatic rings. The van der Waals surface area contributed by atoms with Crippen LogP contribution >= 0.6 is 79.8 Å². The lowest BCUT2D eigenvalue weighted by molar-refractivity contribution is 0.572. The van der Waals surface area contributed by atoms with E-state index in [1.54, 1.807) is 58.5 Å². The van der Waals surface area contributed by atoms with Crippen LogP contribution in [0.25, 0.3) is 37.6 Å². The Morgan fingerprint density at radius 2 is 0.571 bits per heavy atom. The van der Waals surface area contributed by atoms with E-state index in [0.717, 1.165) is 0 Å². The van der Waals surface area contributed by atoms with Gasteiger partial charge >= 0.3 is 0 Å². The van der Waals surface area contributed by atoms with E-state index in [2.05, 4.69) is 95.6 Å². The molecule has 0 aliphatic rings. The zero-order valence-electron chi connectivity index (χ0n) is 40.5. The van der Waals surface area contributed by atoms with Crippen molar-refractivity contribution in [2.75, 3.05) is 0 Å². The van der Waals surface area contributed by atoms with Gasteiger partial charge in [-0.2, -0.15) is 0 Å². The van der Waals surface area contributed by atoms with Crippen molar-refractivity contribution in [1.29, 1.82) is 0 Å². The third-order valence-electron chi connectivity index (χ3n) is 13.6. The standard InChI is InChI=1S/C56H86S7/c1-5-9-13-17-21-25-29-33-37-43-45(39-35-31-27-23-19-15-11-7-3)60-55-49(43)62-51-47(41-57-53(51)55)59-48-42-58-54-52(48)63-50-44(38-34-30-26-22-18-14-10-6-2)46(61-56(50)54)40-36-32-28-24-20-16-12-8-4/h41-42H,5-40H2,1-4H3. The normalized spacial score (nSPS) is 12.3. The van der Waals surface area contributed by atoms with Gasteiger partial charge in [-0.05, 0) is 62.5 Å². The van der Waals surface area contributed by atoms with Crippen molar-refractivity contribution in [3.63, 3.8) is 0 Å². The summed E-state index contributed by atoms with van der Waals surface area (Å²) in [6.45, 7) is 9.31. The van der Waals surface area contributed by atoms with E-state index in [1.807, 2.05) is 22.7 Å². The van der Waals surface area contributed by atoms with E-state index in [-0.39, 0.29) is 0 Å². The Hall–Kier alpha value is -0.410. The lowest BCUT2D eigenvalue weighted by Crippen LogP contribution is -1.91. The molecule has 6 heterocycles. The van der Waals surface area contributed by atoms with Crippen molar-refractivity contribution in [3.05, 3.63) is 31.6 Å². The fourth-order valence-electron chi connectivity index (χ4n) is 9.76. The second kappa shape index (κ2) is 30.2. The summed E-state index contributed by atoms with van der Waals surface area (Å²) < 4.78 is 12.9. The second-order valence-electron chi connectivity index (χ2n) is 19.0. The summed E-state index contributed by atoms with van der Waals surface area (Å²) >= 11 is 14.8. The van der Waals surface area contributed by atoms with Gasteiger partial charge in [0.25, 0.3) is 0 Å². The molecule has 0 atom stereocenters. The predicted octanol–water partition coefficient (Wildman–Crippen LogP) is 23.6.